The molecule has 5 heteroatoms. The predicted molar refractivity (Wildman–Crippen MR) is 78.1 cm³/mol. The molecule has 0 radical (unpaired) electrons. The second-order valence-corrected chi connectivity index (χ2v) is 5.42. The van der Waals surface area contributed by atoms with Gasteiger partial charge in [0.1, 0.15) is 11.6 Å². The number of nitrogens with one attached hydrogen (secondary N) is 1. The van der Waals surface area contributed by atoms with E-state index in [1.807, 2.05) is 6.92 Å². The van der Waals surface area contributed by atoms with Crippen molar-refractivity contribution in [2.75, 3.05) is 0 Å². The van der Waals surface area contributed by atoms with Gasteiger partial charge in [-0.05, 0) is 36.8 Å². The Bertz CT molecular complexity index is 597. The van der Waals surface area contributed by atoms with Crippen molar-refractivity contribution in [2.45, 2.75) is 19.5 Å². The van der Waals surface area contributed by atoms with E-state index in [9.17, 15) is 8.78 Å². The summed E-state index contributed by atoms with van der Waals surface area (Å²) in [4.78, 5) is 0. The molecule has 1 unspecified atom stereocenters. The van der Waals surface area contributed by atoms with Crippen LogP contribution in [0.4, 0.5) is 8.78 Å². The number of benzene rings is 2. The van der Waals surface area contributed by atoms with E-state index < -0.39 is 11.6 Å². The van der Waals surface area contributed by atoms with Crippen LogP contribution in [-0.2, 0) is 6.54 Å². The highest BCUT2D eigenvalue weighted by atomic mass is 35.5. The van der Waals surface area contributed by atoms with Gasteiger partial charge in [0.05, 0.1) is 0 Å². The van der Waals surface area contributed by atoms with Gasteiger partial charge >= 0.3 is 0 Å². The van der Waals surface area contributed by atoms with E-state index in [0.717, 1.165) is 11.6 Å². The Morgan fingerprint density at radius 1 is 1.05 bits per heavy atom. The minimum absolute atomic E-state index is 0.256. The van der Waals surface area contributed by atoms with Crippen LogP contribution < -0.4 is 5.32 Å². The van der Waals surface area contributed by atoms with Crippen molar-refractivity contribution in [1.29, 1.82) is 0 Å². The zero-order valence-electron chi connectivity index (χ0n) is 10.8. The van der Waals surface area contributed by atoms with Gasteiger partial charge in [-0.1, -0.05) is 29.3 Å². The standard InChI is InChI=1S/C15H13Cl2F2N/c1-9(14-3-2-13(18)7-15(14)19)20-8-10-4-11(16)6-12(17)5-10/h2-7,9,20H,8H2,1H3. The van der Waals surface area contributed by atoms with Gasteiger partial charge in [-0.3, -0.25) is 0 Å². The Morgan fingerprint density at radius 2 is 1.70 bits per heavy atom. The lowest BCUT2D eigenvalue weighted by Crippen LogP contribution is -2.19. The normalized spacial score (nSPS) is 12.4. The molecular formula is C15H13Cl2F2N. The smallest absolute Gasteiger partial charge is 0.130 e. The zero-order chi connectivity index (χ0) is 14.7. The molecule has 106 valence electrons. The summed E-state index contributed by atoms with van der Waals surface area (Å²) >= 11 is 11.8. The molecule has 0 amide bonds. The third kappa shape index (κ3) is 3.92. The molecule has 1 atom stereocenters. The van der Waals surface area contributed by atoms with Crippen LogP contribution in [0, 0.1) is 11.6 Å². The van der Waals surface area contributed by atoms with Crippen LogP contribution in [0.2, 0.25) is 10.0 Å². The number of hydrogen-bond acceptors (Lipinski definition) is 1. The fourth-order valence-corrected chi connectivity index (χ4v) is 2.52. The van der Waals surface area contributed by atoms with Gasteiger partial charge in [0.2, 0.25) is 0 Å². The van der Waals surface area contributed by atoms with Gasteiger partial charge in [0.15, 0.2) is 0 Å². The summed E-state index contributed by atoms with van der Waals surface area (Å²) in [7, 11) is 0. The summed E-state index contributed by atoms with van der Waals surface area (Å²) in [6, 6.07) is 8.52. The van der Waals surface area contributed by atoms with Gasteiger partial charge in [-0.25, -0.2) is 8.78 Å². The molecule has 2 aromatic rings. The van der Waals surface area contributed by atoms with E-state index in [0.29, 0.717) is 22.2 Å². The summed E-state index contributed by atoms with van der Waals surface area (Å²) in [5.41, 5.74) is 1.32. The number of rotatable bonds is 4. The highest BCUT2D eigenvalue weighted by Gasteiger charge is 2.11. The van der Waals surface area contributed by atoms with Crippen LogP contribution >= 0.6 is 23.2 Å². The summed E-state index contributed by atoms with van der Waals surface area (Å²) in [6.07, 6.45) is 0. The first-order valence-electron chi connectivity index (χ1n) is 6.09. The Morgan fingerprint density at radius 3 is 2.30 bits per heavy atom. The van der Waals surface area contributed by atoms with Crippen LogP contribution in [0.15, 0.2) is 36.4 Å². The Kier molecular flexibility index (Phi) is 4.97. The van der Waals surface area contributed by atoms with Crippen molar-refractivity contribution in [2.24, 2.45) is 0 Å². The molecule has 0 spiro atoms. The molecule has 2 rings (SSSR count). The monoisotopic (exact) mass is 315 g/mol. The van der Waals surface area contributed by atoms with Crippen molar-refractivity contribution < 1.29 is 8.78 Å². The quantitative estimate of drug-likeness (QED) is 0.825. The van der Waals surface area contributed by atoms with Gasteiger partial charge in [0, 0.05) is 34.3 Å². The zero-order valence-corrected chi connectivity index (χ0v) is 12.3. The topological polar surface area (TPSA) is 12.0 Å². The number of hydrogen-bond donors (Lipinski definition) is 1. The Balaban J connectivity index is 2.06. The molecule has 0 aliphatic heterocycles. The average molecular weight is 316 g/mol. The lowest BCUT2D eigenvalue weighted by Gasteiger charge is -2.15. The molecule has 2 aromatic carbocycles. The van der Waals surface area contributed by atoms with E-state index in [4.69, 9.17) is 23.2 Å². The maximum absolute atomic E-state index is 13.6. The average Bonchev–Trinajstić information content (AvgIpc) is 2.35. The van der Waals surface area contributed by atoms with Crippen LogP contribution in [0.1, 0.15) is 24.1 Å². The largest absolute Gasteiger partial charge is 0.306 e. The maximum atomic E-state index is 13.6. The third-order valence-corrected chi connectivity index (χ3v) is 3.40. The van der Waals surface area contributed by atoms with E-state index in [-0.39, 0.29) is 6.04 Å². The predicted octanol–water partition coefficient (Wildman–Crippen LogP) is 5.12. The highest BCUT2D eigenvalue weighted by molar-refractivity contribution is 6.34. The first-order valence-corrected chi connectivity index (χ1v) is 6.84. The first-order chi connectivity index (χ1) is 9.45. The Hall–Kier alpha value is -1.16. The fraction of sp³-hybridized carbons (Fsp3) is 0.200. The summed E-state index contributed by atoms with van der Waals surface area (Å²) in [6.45, 7) is 2.29. The van der Waals surface area contributed by atoms with Gasteiger partial charge in [-0.15, -0.1) is 0 Å². The minimum Gasteiger partial charge on any atom is -0.306 e. The Labute approximate surface area is 126 Å². The van der Waals surface area contributed by atoms with E-state index in [2.05, 4.69) is 5.32 Å². The molecule has 1 N–H and O–H groups in total. The first kappa shape index (κ1) is 15.2. The molecule has 0 saturated carbocycles. The third-order valence-electron chi connectivity index (χ3n) is 2.96. The molecule has 20 heavy (non-hydrogen) atoms. The summed E-state index contributed by atoms with van der Waals surface area (Å²) in [5, 5.41) is 4.25. The summed E-state index contributed by atoms with van der Waals surface area (Å²) in [5.74, 6) is -1.14. The molecule has 0 fully saturated rings. The molecule has 0 saturated heterocycles. The lowest BCUT2D eigenvalue weighted by atomic mass is 10.1. The molecule has 0 bridgehead atoms. The van der Waals surface area contributed by atoms with Crippen molar-refractivity contribution in [1.82, 2.24) is 5.32 Å². The van der Waals surface area contributed by atoms with Crippen molar-refractivity contribution in [3.63, 3.8) is 0 Å². The second kappa shape index (κ2) is 6.53. The molecule has 1 nitrogen and oxygen atoms in total. The van der Waals surface area contributed by atoms with Crippen molar-refractivity contribution in [3.05, 3.63) is 69.2 Å². The fourth-order valence-electron chi connectivity index (χ4n) is 1.95. The van der Waals surface area contributed by atoms with Crippen LogP contribution in [-0.4, -0.2) is 0 Å². The van der Waals surface area contributed by atoms with Gasteiger partial charge < -0.3 is 5.32 Å². The van der Waals surface area contributed by atoms with Crippen molar-refractivity contribution >= 4 is 23.2 Å². The van der Waals surface area contributed by atoms with Crippen LogP contribution in [0.5, 0.6) is 0 Å². The van der Waals surface area contributed by atoms with E-state index in [1.165, 1.54) is 12.1 Å². The molecule has 0 heterocycles. The summed E-state index contributed by atoms with van der Waals surface area (Å²) < 4.78 is 26.5. The van der Waals surface area contributed by atoms with Crippen LogP contribution in [0.25, 0.3) is 0 Å². The lowest BCUT2D eigenvalue weighted by molar-refractivity contribution is 0.518. The SMILES string of the molecule is CC(NCc1cc(Cl)cc(Cl)c1)c1ccc(F)cc1F. The molecule has 0 aliphatic rings. The highest BCUT2D eigenvalue weighted by Crippen LogP contribution is 2.21. The van der Waals surface area contributed by atoms with E-state index >= 15 is 0 Å². The maximum Gasteiger partial charge on any atom is 0.130 e. The number of halogens is 4. The van der Waals surface area contributed by atoms with Gasteiger partial charge in [-0.2, -0.15) is 0 Å². The van der Waals surface area contributed by atoms with Gasteiger partial charge in [0.25, 0.3) is 0 Å². The van der Waals surface area contributed by atoms with E-state index in [1.54, 1.807) is 18.2 Å². The van der Waals surface area contributed by atoms with Crippen LogP contribution in [0.3, 0.4) is 0 Å². The molecule has 0 aliphatic carbocycles. The van der Waals surface area contributed by atoms with Crippen molar-refractivity contribution in [3.8, 4) is 0 Å². The molecular weight excluding hydrogens is 303 g/mol. The second-order valence-electron chi connectivity index (χ2n) is 4.55. The molecule has 0 aromatic heterocycles. The minimum atomic E-state index is -0.583.